The van der Waals surface area contributed by atoms with Gasteiger partial charge in [-0.1, -0.05) is 32.8 Å². The largest absolute Gasteiger partial charge is 0.435 e. The Morgan fingerprint density at radius 1 is 1.19 bits per heavy atom. The van der Waals surface area contributed by atoms with Gasteiger partial charge in [0.25, 0.3) is 0 Å². The molecule has 2 heterocycles. The highest BCUT2D eigenvalue weighted by Gasteiger charge is 2.58. The fourth-order valence-corrected chi connectivity index (χ4v) is 6.64. The molecule has 2 aliphatic heterocycles. The van der Waals surface area contributed by atoms with E-state index in [0.717, 1.165) is 18.4 Å². The number of hydrogen-bond donors (Lipinski definition) is 0. The molecule has 4 aliphatic rings. The number of rotatable bonds is 2. The molecule has 0 amide bonds. The van der Waals surface area contributed by atoms with Gasteiger partial charge in [0.1, 0.15) is 0 Å². The molecule has 150 valence electrons. The summed E-state index contributed by atoms with van der Waals surface area (Å²) in [6, 6.07) is 0. The molecular formula is C22H32O5. The van der Waals surface area contributed by atoms with Crippen molar-refractivity contribution in [2.24, 2.45) is 28.6 Å². The molecule has 0 aromatic rings. The third-order valence-electron chi connectivity index (χ3n) is 7.49. The Balaban J connectivity index is 1.69. The van der Waals surface area contributed by atoms with Gasteiger partial charge in [0.15, 0.2) is 0 Å². The van der Waals surface area contributed by atoms with Crippen LogP contribution in [0.1, 0.15) is 73.1 Å². The Labute approximate surface area is 161 Å². The lowest BCUT2D eigenvalue weighted by atomic mass is 9.57. The van der Waals surface area contributed by atoms with E-state index < -0.39 is 12.6 Å². The minimum atomic E-state index is -0.609. The van der Waals surface area contributed by atoms with Crippen molar-refractivity contribution in [2.75, 3.05) is 0 Å². The quantitative estimate of drug-likeness (QED) is 0.670. The number of ether oxygens (including phenoxy) is 3. The lowest BCUT2D eigenvalue weighted by Gasteiger charge is -2.48. The zero-order valence-corrected chi connectivity index (χ0v) is 17.2. The molecule has 0 bridgehead atoms. The Morgan fingerprint density at radius 3 is 2.59 bits per heavy atom. The van der Waals surface area contributed by atoms with Crippen LogP contribution >= 0.6 is 0 Å². The van der Waals surface area contributed by atoms with Gasteiger partial charge in [-0.25, -0.2) is 4.79 Å². The van der Waals surface area contributed by atoms with E-state index in [1.54, 1.807) is 0 Å². The van der Waals surface area contributed by atoms with Crippen molar-refractivity contribution < 1.29 is 23.8 Å². The summed E-state index contributed by atoms with van der Waals surface area (Å²) in [5.41, 5.74) is 2.50. The SMILES string of the molecule is CC(=O)O[C@@H]1O[C@H]2OC(=O)C3=C(C)[C@@H]([C@@]4(C)CCCC(C)(C)C4)CC[C@@H]1[C@H]32. The minimum absolute atomic E-state index is 0.000464. The predicted molar refractivity (Wildman–Crippen MR) is 99.3 cm³/mol. The van der Waals surface area contributed by atoms with Gasteiger partial charge in [-0.2, -0.15) is 0 Å². The Bertz CT molecular complexity index is 693. The van der Waals surface area contributed by atoms with E-state index in [9.17, 15) is 9.59 Å². The first-order valence-electron chi connectivity index (χ1n) is 10.4. The summed E-state index contributed by atoms with van der Waals surface area (Å²) >= 11 is 0. The van der Waals surface area contributed by atoms with Gasteiger partial charge in [-0.05, 0) is 55.8 Å². The average molecular weight is 376 g/mol. The average Bonchev–Trinajstić information content (AvgIpc) is 2.93. The summed E-state index contributed by atoms with van der Waals surface area (Å²) in [7, 11) is 0. The molecule has 0 unspecified atom stereocenters. The summed E-state index contributed by atoms with van der Waals surface area (Å²) in [6.07, 6.45) is 5.55. The van der Waals surface area contributed by atoms with Crippen LogP contribution in [0.3, 0.4) is 0 Å². The van der Waals surface area contributed by atoms with E-state index in [1.165, 1.54) is 38.2 Å². The summed E-state index contributed by atoms with van der Waals surface area (Å²) in [5, 5.41) is 0. The Hall–Kier alpha value is -1.36. The molecule has 0 aromatic carbocycles. The molecule has 6 atom stereocenters. The van der Waals surface area contributed by atoms with Crippen LogP contribution in [0, 0.1) is 28.6 Å². The van der Waals surface area contributed by atoms with E-state index in [1.807, 2.05) is 0 Å². The smallest absolute Gasteiger partial charge is 0.336 e. The Kier molecular flexibility index (Phi) is 4.45. The van der Waals surface area contributed by atoms with Crippen LogP contribution in [0.5, 0.6) is 0 Å². The lowest BCUT2D eigenvalue weighted by molar-refractivity contribution is -0.208. The third-order valence-corrected chi connectivity index (χ3v) is 7.49. The first-order chi connectivity index (χ1) is 12.6. The molecule has 27 heavy (non-hydrogen) atoms. The van der Waals surface area contributed by atoms with Crippen LogP contribution in [0.4, 0.5) is 0 Å². The van der Waals surface area contributed by atoms with E-state index >= 15 is 0 Å². The topological polar surface area (TPSA) is 61.8 Å². The monoisotopic (exact) mass is 376 g/mol. The van der Waals surface area contributed by atoms with Gasteiger partial charge < -0.3 is 14.2 Å². The standard InChI is InChI=1S/C22H32O5/c1-12-15(22(5)10-6-9-21(3,4)11-22)8-7-14-17-16(12)18(24)26-20(17)27-19(14)25-13(2)23/h14-15,17,19-20H,6-11H2,1-5H3/t14-,15+,17-,19-,20-,22+/m1/s1. The van der Waals surface area contributed by atoms with Crippen molar-refractivity contribution in [2.45, 2.75) is 85.7 Å². The zero-order valence-electron chi connectivity index (χ0n) is 17.2. The van der Waals surface area contributed by atoms with E-state index in [4.69, 9.17) is 14.2 Å². The first kappa shape index (κ1) is 19.0. The highest BCUT2D eigenvalue weighted by molar-refractivity contribution is 5.92. The fraction of sp³-hybridized carbons (Fsp3) is 0.818. The van der Waals surface area contributed by atoms with Gasteiger partial charge in [0.2, 0.25) is 12.6 Å². The van der Waals surface area contributed by atoms with Crippen LogP contribution in [0.15, 0.2) is 11.1 Å². The lowest BCUT2D eigenvalue weighted by Crippen LogP contribution is -2.37. The molecular weight excluding hydrogens is 344 g/mol. The van der Waals surface area contributed by atoms with Crippen LogP contribution < -0.4 is 0 Å². The summed E-state index contributed by atoms with van der Waals surface area (Å²) in [5.74, 6) is -0.329. The van der Waals surface area contributed by atoms with E-state index in [0.29, 0.717) is 11.3 Å². The normalized spacial score (nSPS) is 43.1. The van der Waals surface area contributed by atoms with Crippen molar-refractivity contribution in [3.05, 3.63) is 11.1 Å². The number of allylic oxidation sites excluding steroid dienone is 1. The highest BCUT2D eigenvalue weighted by atomic mass is 16.8. The first-order valence-corrected chi connectivity index (χ1v) is 10.4. The number of hydrogen-bond acceptors (Lipinski definition) is 5. The molecule has 2 saturated heterocycles. The van der Waals surface area contributed by atoms with Crippen molar-refractivity contribution >= 4 is 11.9 Å². The summed E-state index contributed by atoms with van der Waals surface area (Å²) < 4.78 is 16.8. The second-order valence-corrected chi connectivity index (χ2v) is 10.2. The molecule has 0 radical (unpaired) electrons. The molecule has 2 aliphatic carbocycles. The molecule has 5 nitrogen and oxygen atoms in total. The van der Waals surface area contributed by atoms with Gasteiger partial charge in [0.05, 0.1) is 5.92 Å². The van der Waals surface area contributed by atoms with Crippen molar-refractivity contribution in [3.63, 3.8) is 0 Å². The van der Waals surface area contributed by atoms with Gasteiger partial charge in [-0.15, -0.1) is 0 Å². The minimum Gasteiger partial charge on any atom is -0.435 e. The van der Waals surface area contributed by atoms with Gasteiger partial charge >= 0.3 is 11.9 Å². The van der Waals surface area contributed by atoms with Crippen LogP contribution in [0.2, 0.25) is 0 Å². The maximum Gasteiger partial charge on any atom is 0.336 e. The molecule has 0 aromatic heterocycles. The van der Waals surface area contributed by atoms with Crippen LogP contribution in [-0.2, 0) is 23.8 Å². The summed E-state index contributed by atoms with van der Waals surface area (Å²) in [4.78, 5) is 24.2. The molecule has 4 rings (SSSR count). The van der Waals surface area contributed by atoms with E-state index in [-0.39, 0.29) is 29.2 Å². The number of carbonyl (C=O) groups excluding carboxylic acids is 2. The van der Waals surface area contributed by atoms with Crippen molar-refractivity contribution in [3.8, 4) is 0 Å². The molecule has 3 fully saturated rings. The zero-order chi connectivity index (χ0) is 19.6. The highest BCUT2D eigenvalue weighted by Crippen LogP contribution is 2.58. The predicted octanol–water partition coefficient (Wildman–Crippen LogP) is 4.35. The maximum atomic E-state index is 12.7. The molecule has 0 spiro atoms. The van der Waals surface area contributed by atoms with Crippen LogP contribution in [0.25, 0.3) is 0 Å². The Morgan fingerprint density at radius 2 is 1.93 bits per heavy atom. The van der Waals surface area contributed by atoms with Crippen molar-refractivity contribution in [1.82, 2.24) is 0 Å². The van der Waals surface area contributed by atoms with Crippen molar-refractivity contribution in [1.29, 1.82) is 0 Å². The van der Waals surface area contributed by atoms with Gasteiger partial charge in [-0.3, -0.25) is 4.79 Å². The summed E-state index contributed by atoms with van der Waals surface area (Å²) in [6.45, 7) is 10.7. The van der Waals surface area contributed by atoms with E-state index in [2.05, 4.69) is 27.7 Å². The second-order valence-electron chi connectivity index (χ2n) is 10.2. The molecule has 0 N–H and O–H groups in total. The fourth-order valence-electron chi connectivity index (χ4n) is 6.64. The number of carbonyl (C=O) groups is 2. The van der Waals surface area contributed by atoms with Crippen LogP contribution in [-0.4, -0.2) is 24.5 Å². The third kappa shape index (κ3) is 3.12. The number of esters is 2. The second kappa shape index (κ2) is 6.33. The molecule has 1 saturated carbocycles. The van der Waals surface area contributed by atoms with Gasteiger partial charge in [0, 0.05) is 18.4 Å². The molecule has 5 heteroatoms. The maximum absolute atomic E-state index is 12.7.